The standard InChI is InChI=1S/C36H52N8O3Si2/c1-27-11-10-12-29(39-27)33-34(43(24-38-33)25-46-17-19-48(2,3)4)28-13-14-37-30(21-28)35-40-31-22-42(36(45)41-15-8-9-16-41)23-32(31)44(35)26-47-18-20-49(5,6)7/h10-14,21,24H,8-9,15-20,22-23,25-26H2,1-7H3. The average Bonchev–Trinajstić information content (AvgIpc) is 3.85. The molecule has 0 saturated carbocycles. The Bertz CT molecular complexity index is 1770. The van der Waals surface area contributed by atoms with Crippen LogP contribution in [0.2, 0.25) is 51.4 Å². The lowest BCUT2D eigenvalue weighted by atomic mass is 10.1. The van der Waals surface area contributed by atoms with Crippen LogP contribution in [-0.4, -0.2) is 87.4 Å². The molecular formula is C36H52N8O3Si2. The molecule has 0 aromatic carbocycles. The second-order valence-corrected chi connectivity index (χ2v) is 27.0. The fourth-order valence-electron chi connectivity index (χ4n) is 6.26. The number of rotatable bonds is 13. The number of carbonyl (C=O) groups is 1. The minimum Gasteiger partial charge on any atom is -0.361 e. The van der Waals surface area contributed by atoms with E-state index in [1.807, 2.05) is 53.5 Å². The maximum atomic E-state index is 13.3. The first-order valence-electron chi connectivity index (χ1n) is 17.6. The number of pyridine rings is 2. The van der Waals surface area contributed by atoms with Gasteiger partial charge in [-0.25, -0.2) is 14.8 Å². The number of hydrogen-bond donors (Lipinski definition) is 0. The SMILES string of the molecule is Cc1cccc(-c2ncn(COCC[Si](C)(C)C)c2-c2ccnc(-c3nc4c(n3COCC[Si](C)(C)C)CN(C(=O)N3CCCC3)C4)c2)n1. The van der Waals surface area contributed by atoms with E-state index in [-0.39, 0.29) is 6.03 Å². The summed E-state index contributed by atoms with van der Waals surface area (Å²) in [5, 5.41) is 0. The van der Waals surface area contributed by atoms with Gasteiger partial charge >= 0.3 is 6.03 Å². The lowest BCUT2D eigenvalue weighted by Gasteiger charge is -2.24. The van der Waals surface area contributed by atoms with Crippen LogP contribution in [0.1, 0.15) is 29.9 Å². The van der Waals surface area contributed by atoms with Crippen molar-refractivity contribution in [3.63, 3.8) is 0 Å². The molecule has 11 nitrogen and oxygen atoms in total. The van der Waals surface area contributed by atoms with Crippen molar-refractivity contribution in [1.82, 2.24) is 38.9 Å². The van der Waals surface area contributed by atoms with Crippen molar-refractivity contribution in [2.24, 2.45) is 0 Å². The summed E-state index contributed by atoms with van der Waals surface area (Å²) in [6, 6.07) is 12.4. The summed E-state index contributed by atoms with van der Waals surface area (Å²) in [6.07, 6.45) is 5.82. The number of urea groups is 1. The molecule has 0 N–H and O–H groups in total. The Balaban J connectivity index is 1.33. The van der Waals surface area contributed by atoms with Crippen molar-refractivity contribution in [1.29, 1.82) is 0 Å². The summed E-state index contributed by atoms with van der Waals surface area (Å²) < 4.78 is 16.7. The highest BCUT2D eigenvalue weighted by Gasteiger charge is 2.34. The van der Waals surface area contributed by atoms with E-state index in [0.717, 1.165) is 89.3 Å². The molecule has 4 aromatic rings. The molecule has 262 valence electrons. The molecule has 0 atom stereocenters. The smallest absolute Gasteiger partial charge is 0.320 e. The average molecular weight is 701 g/mol. The number of fused-ring (bicyclic) bond motifs is 1. The molecular weight excluding hydrogens is 649 g/mol. The van der Waals surface area contributed by atoms with Gasteiger partial charge < -0.3 is 28.4 Å². The van der Waals surface area contributed by atoms with Crippen molar-refractivity contribution in [2.45, 2.75) is 97.7 Å². The molecule has 13 heteroatoms. The van der Waals surface area contributed by atoms with Crippen LogP contribution in [0.5, 0.6) is 0 Å². The third-order valence-electron chi connectivity index (χ3n) is 9.16. The Morgan fingerprint density at radius 1 is 0.837 bits per heavy atom. The minimum absolute atomic E-state index is 0.0981. The first-order chi connectivity index (χ1) is 23.4. The predicted molar refractivity (Wildman–Crippen MR) is 198 cm³/mol. The highest BCUT2D eigenvalue weighted by molar-refractivity contribution is 6.76. The number of amides is 2. The fourth-order valence-corrected chi connectivity index (χ4v) is 7.77. The Kier molecular flexibility index (Phi) is 10.5. The van der Waals surface area contributed by atoms with Crippen molar-refractivity contribution in [2.75, 3.05) is 26.3 Å². The maximum absolute atomic E-state index is 13.3. The van der Waals surface area contributed by atoms with Crippen LogP contribution in [-0.2, 0) is 36.0 Å². The lowest BCUT2D eigenvalue weighted by Crippen LogP contribution is -2.39. The third kappa shape index (κ3) is 8.57. The van der Waals surface area contributed by atoms with Gasteiger partial charge in [-0.1, -0.05) is 45.3 Å². The zero-order valence-electron chi connectivity index (χ0n) is 30.3. The molecule has 2 aliphatic rings. The summed E-state index contributed by atoms with van der Waals surface area (Å²) in [5.74, 6) is 0.751. The van der Waals surface area contributed by atoms with E-state index < -0.39 is 16.1 Å². The molecule has 2 amide bonds. The summed E-state index contributed by atoms with van der Waals surface area (Å²) in [4.78, 5) is 36.8. The summed E-state index contributed by atoms with van der Waals surface area (Å²) in [6.45, 7) is 21.0. The Hall–Kier alpha value is -3.66. The number of aryl methyl sites for hydroxylation is 1. The Morgan fingerprint density at radius 3 is 2.24 bits per heavy atom. The second-order valence-electron chi connectivity index (χ2n) is 15.8. The Morgan fingerprint density at radius 2 is 1.55 bits per heavy atom. The number of likely N-dealkylation sites (tertiary alicyclic amines) is 1. The van der Waals surface area contributed by atoms with Gasteiger partial charge in [-0.2, -0.15) is 0 Å². The summed E-state index contributed by atoms with van der Waals surface area (Å²) in [7, 11) is -2.49. The fraction of sp³-hybridized carbons (Fsp3) is 0.528. The molecule has 4 aromatic heterocycles. The van der Waals surface area contributed by atoms with Gasteiger partial charge in [-0.15, -0.1) is 0 Å². The molecule has 0 unspecified atom stereocenters. The van der Waals surface area contributed by atoms with E-state index in [2.05, 4.69) is 54.5 Å². The quantitative estimate of drug-likeness (QED) is 0.106. The monoisotopic (exact) mass is 700 g/mol. The largest absolute Gasteiger partial charge is 0.361 e. The van der Waals surface area contributed by atoms with Crippen LogP contribution in [0.3, 0.4) is 0 Å². The summed E-state index contributed by atoms with van der Waals surface area (Å²) >= 11 is 0. The molecule has 49 heavy (non-hydrogen) atoms. The highest BCUT2D eigenvalue weighted by atomic mass is 28.3. The summed E-state index contributed by atoms with van der Waals surface area (Å²) in [5.41, 5.74) is 7.10. The van der Waals surface area contributed by atoms with E-state index in [0.29, 0.717) is 39.8 Å². The van der Waals surface area contributed by atoms with Gasteiger partial charge in [0.15, 0.2) is 5.82 Å². The number of ether oxygens (including phenoxy) is 2. The second kappa shape index (κ2) is 14.7. The zero-order chi connectivity index (χ0) is 34.8. The molecule has 1 fully saturated rings. The molecule has 0 bridgehead atoms. The Labute approximate surface area is 292 Å². The normalized spacial score (nSPS) is 15.0. The van der Waals surface area contributed by atoms with E-state index >= 15 is 0 Å². The number of hydrogen-bond acceptors (Lipinski definition) is 7. The minimum atomic E-state index is -1.26. The molecule has 0 spiro atoms. The van der Waals surface area contributed by atoms with Crippen molar-refractivity contribution in [3.8, 4) is 34.2 Å². The third-order valence-corrected chi connectivity index (χ3v) is 12.6. The van der Waals surface area contributed by atoms with Gasteiger partial charge in [0.05, 0.1) is 42.2 Å². The van der Waals surface area contributed by atoms with E-state index in [9.17, 15) is 4.79 Å². The molecule has 6 rings (SSSR count). The van der Waals surface area contributed by atoms with Crippen molar-refractivity contribution >= 4 is 22.2 Å². The van der Waals surface area contributed by atoms with E-state index in [1.165, 1.54) is 0 Å². The predicted octanol–water partition coefficient (Wildman–Crippen LogP) is 7.34. The van der Waals surface area contributed by atoms with E-state index in [4.69, 9.17) is 29.4 Å². The topological polar surface area (TPSA) is 103 Å². The van der Waals surface area contributed by atoms with Gasteiger partial charge in [0.2, 0.25) is 0 Å². The van der Waals surface area contributed by atoms with Gasteiger partial charge in [0.1, 0.15) is 24.8 Å². The molecule has 0 radical (unpaired) electrons. The first-order valence-corrected chi connectivity index (χ1v) is 25.0. The van der Waals surface area contributed by atoms with Crippen molar-refractivity contribution < 1.29 is 14.3 Å². The molecule has 6 heterocycles. The number of aromatic nitrogens is 6. The van der Waals surface area contributed by atoms with Gasteiger partial charge in [-0.3, -0.25) is 9.97 Å². The lowest BCUT2D eigenvalue weighted by molar-refractivity contribution is 0.0853. The van der Waals surface area contributed by atoms with Crippen LogP contribution in [0.4, 0.5) is 4.79 Å². The van der Waals surface area contributed by atoms with Crippen LogP contribution >= 0.6 is 0 Å². The molecule has 2 aliphatic heterocycles. The number of imidazole rings is 2. The van der Waals surface area contributed by atoms with Crippen LogP contribution in [0.25, 0.3) is 34.2 Å². The number of carbonyl (C=O) groups excluding carboxylic acids is 1. The first kappa shape index (κ1) is 35.2. The zero-order valence-corrected chi connectivity index (χ0v) is 32.3. The maximum Gasteiger partial charge on any atom is 0.320 e. The van der Waals surface area contributed by atoms with Crippen LogP contribution < -0.4 is 0 Å². The highest BCUT2D eigenvalue weighted by Crippen LogP contribution is 2.34. The molecule has 1 saturated heterocycles. The molecule has 0 aliphatic carbocycles. The van der Waals surface area contributed by atoms with Gasteiger partial charge in [-0.05, 0) is 56.1 Å². The van der Waals surface area contributed by atoms with Gasteiger partial charge in [0.25, 0.3) is 0 Å². The van der Waals surface area contributed by atoms with Gasteiger partial charge in [0, 0.05) is 59.9 Å². The van der Waals surface area contributed by atoms with Crippen molar-refractivity contribution in [3.05, 3.63) is 59.9 Å². The van der Waals surface area contributed by atoms with Crippen LogP contribution in [0.15, 0.2) is 42.9 Å². The van der Waals surface area contributed by atoms with E-state index in [1.54, 1.807) is 0 Å². The number of nitrogens with zero attached hydrogens (tertiary/aromatic N) is 8. The van der Waals surface area contributed by atoms with Crippen LogP contribution in [0, 0.1) is 6.92 Å².